The number of hydrogen-bond acceptors (Lipinski definition) is 4. The van der Waals surface area contributed by atoms with Gasteiger partial charge in [0.25, 0.3) is 0 Å². The minimum atomic E-state index is -1.02. The minimum absolute atomic E-state index is 0.0339. The average molecular weight is 274 g/mol. The normalized spacial score (nSPS) is 12.1. The first-order valence-corrected chi connectivity index (χ1v) is 5.69. The summed E-state index contributed by atoms with van der Waals surface area (Å²) in [6.45, 7) is 1.75. The molecule has 0 aliphatic heterocycles. The van der Waals surface area contributed by atoms with Gasteiger partial charge in [0.05, 0.1) is 20.1 Å². The molecule has 0 aliphatic carbocycles. The summed E-state index contributed by atoms with van der Waals surface area (Å²) in [5, 5.41) is 9.40. The van der Waals surface area contributed by atoms with Gasteiger partial charge in [-0.2, -0.15) is 0 Å². The fourth-order valence-electron chi connectivity index (χ4n) is 1.84. The first-order valence-electron chi connectivity index (χ1n) is 5.31. The Morgan fingerprint density at radius 2 is 2.00 bits per heavy atom. The lowest BCUT2D eigenvalue weighted by Gasteiger charge is -2.19. The molecule has 1 aromatic rings. The van der Waals surface area contributed by atoms with Crippen LogP contribution in [0.3, 0.4) is 0 Å². The van der Waals surface area contributed by atoms with Crippen molar-refractivity contribution in [3.05, 3.63) is 22.2 Å². The van der Waals surface area contributed by atoms with Crippen LogP contribution >= 0.6 is 11.6 Å². The molecule has 6 heteroatoms. The van der Waals surface area contributed by atoms with Crippen LogP contribution in [0, 0.1) is 6.92 Å². The summed E-state index contributed by atoms with van der Waals surface area (Å²) in [6, 6.07) is 1.68. The number of hydrogen-bond donors (Lipinski definition) is 2. The second kappa shape index (κ2) is 5.93. The number of ether oxygens (including phenoxy) is 2. The third-order valence-corrected chi connectivity index (χ3v) is 3.05. The maximum atomic E-state index is 11.2. The maximum absolute atomic E-state index is 11.2. The number of carboxylic acids is 1. The van der Waals surface area contributed by atoms with Crippen LogP contribution in [-0.4, -0.2) is 31.8 Å². The Labute approximate surface area is 110 Å². The number of nitrogens with two attached hydrogens (primary N) is 1. The van der Waals surface area contributed by atoms with Gasteiger partial charge in [0.15, 0.2) is 0 Å². The standard InChI is InChI=1S/C12H16ClNO4/c1-6-4-7(8(5-14)12(15)16)11(18-3)9(13)10(6)17-2/h4,8H,5,14H2,1-3H3,(H,15,16). The lowest BCUT2D eigenvalue weighted by atomic mass is 9.96. The Kier molecular flexibility index (Phi) is 4.81. The number of aryl methyl sites for hydroxylation is 1. The molecule has 0 radical (unpaired) electrons. The van der Waals surface area contributed by atoms with Crippen molar-refractivity contribution in [1.82, 2.24) is 0 Å². The summed E-state index contributed by atoms with van der Waals surface area (Å²) < 4.78 is 10.3. The Bertz CT molecular complexity index is 462. The molecule has 1 unspecified atom stereocenters. The van der Waals surface area contributed by atoms with Gasteiger partial charge in [0, 0.05) is 12.1 Å². The topological polar surface area (TPSA) is 81.8 Å². The van der Waals surface area contributed by atoms with Crippen molar-refractivity contribution in [2.45, 2.75) is 12.8 Å². The van der Waals surface area contributed by atoms with Crippen LogP contribution in [0.25, 0.3) is 0 Å². The molecule has 0 saturated carbocycles. The SMILES string of the molecule is COc1c(C)cc(C(CN)C(=O)O)c(OC)c1Cl. The Morgan fingerprint density at radius 1 is 1.44 bits per heavy atom. The van der Waals surface area contributed by atoms with Gasteiger partial charge < -0.3 is 20.3 Å². The number of halogens is 1. The van der Waals surface area contributed by atoms with E-state index in [4.69, 9.17) is 31.9 Å². The van der Waals surface area contributed by atoms with E-state index in [1.807, 2.05) is 0 Å². The van der Waals surface area contributed by atoms with Crippen LogP contribution in [0.15, 0.2) is 6.07 Å². The molecule has 5 nitrogen and oxygen atoms in total. The van der Waals surface area contributed by atoms with Gasteiger partial charge in [-0.3, -0.25) is 4.79 Å². The maximum Gasteiger partial charge on any atom is 0.312 e. The van der Waals surface area contributed by atoms with Crippen LogP contribution < -0.4 is 15.2 Å². The lowest BCUT2D eigenvalue weighted by molar-refractivity contribution is -0.138. The first-order chi connectivity index (χ1) is 8.47. The molecule has 0 saturated heterocycles. The van der Waals surface area contributed by atoms with Gasteiger partial charge in [-0.15, -0.1) is 0 Å². The average Bonchev–Trinajstić information content (AvgIpc) is 2.30. The highest BCUT2D eigenvalue weighted by atomic mass is 35.5. The van der Waals surface area contributed by atoms with Crippen LogP contribution in [-0.2, 0) is 4.79 Å². The molecular weight excluding hydrogens is 258 g/mol. The zero-order valence-electron chi connectivity index (χ0n) is 10.5. The molecule has 0 aliphatic rings. The zero-order valence-corrected chi connectivity index (χ0v) is 11.2. The summed E-state index contributed by atoms with van der Waals surface area (Å²) >= 11 is 6.14. The fraction of sp³-hybridized carbons (Fsp3) is 0.417. The van der Waals surface area contributed by atoms with E-state index in [9.17, 15) is 4.79 Å². The zero-order chi connectivity index (χ0) is 13.9. The van der Waals surface area contributed by atoms with Gasteiger partial charge in [-0.05, 0) is 18.6 Å². The third-order valence-electron chi connectivity index (χ3n) is 2.71. The van der Waals surface area contributed by atoms with E-state index < -0.39 is 11.9 Å². The van der Waals surface area contributed by atoms with Crippen molar-refractivity contribution < 1.29 is 19.4 Å². The summed E-state index contributed by atoms with van der Waals surface area (Å²) in [7, 11) is 2.92. The Balaban J connectivity index is 3.49. The highest BCUT2D eigenvalue weighted by Gasteiger charge is 2.26. The van der Waals surface area contributed by atoms with E-state index in [1.54, 1.807) is 13.0 Å². The van der Waals surface area contributed by atoms with Gasteiger partial charge in [0.1, 0.15) is 16.5 Å². The van der Waals surface area contributed by atoms with Gasteiger partial charge in [-0.1, -0.05) is 11.6 Å². The first kappa shape index (κ1) is 14.6. The molecule has 3 N–H and O–H groups in total. The van der Waals surface area contributed by atoms with Crippen LogP contribution in [0.2, 0.25) is 5.02 Å². The number of methoxy groups -OCH3 is 2. The molecule has 0 spiro atoms. The van der Waals surface area contributed by atoms with E-state index in [0.717, 1.165) is 5.56 Å². The molecule has 1 atom stereocenters. The summed E-state index contributed by atoms with van der Waals surface area (Å²) in [4.78, 5) is 11.2. The highest BCUT2D eigenvalue weighted by molar-refractivity contribution is 6.33. The molecule has 0 fully saturated rings. The summed E-state index contributed by atoms with van der Waals surface area (Å²) in [5.41, 5.74) is 6.68. The molecule has 1 aromatic carbocycles. The van der Waals surface area contributed by atoms with Crippen LogP contribution in [0.1, 0.15) is 17.0 Å². The highest BCUT2D eigenvalue weighted by Crippen LogP contribution is 2.42. The van der Waals surface area contributed by atoms with Crippen molar-refractivity contribution in [1.29, 1.82) is 0 Å². The summed E-state index contributed by atoms with van der Waals surface area (Å²) in [5.74, 6) is -1.12. The van der Waals surface area contributed by atoms with E-state index in [0.29, 0.717) is 11.3 Å². The largest absolute Gasteiger partial charge is 0.495 e. The Hall–Kier alpha value is -1.46. The minimum Gasteiger partial charge on any atom is -0.495 e. The van der Waals surface area contributed by atoms with Crippen molar-refractivity contribution in [2.24, 2.45) is 5.73 Å². The molecule has 1 rings (SSSR count). The molecule has 0 amide bonds. The predicted octanol–water partition coefficient (Wildman–Crippen LogP) is 1.79. The van der Waals surface area contributed by atoms with Gasteiger partial charge >= 0.3 is 5.97 Å². The molecule has 0 aromatic heterocycles. The number of carbonyl (C=O) groups is 1. The monoisotopic (exact) mass is 273 g/mol. The predicted molar refractivity (Wildman–Crippen MR) is 68.7 cm³/mol. The fourth-order valence-corrected chi connectivity index (χ4v) is 2.26. The van der Waals surface area contributed by atoms with Crippen molar-refractivity contribution in [2.75, 3.05) is 20.8 Å². The molecule has 0 heterocycles. The second-order valence-corrected chi connectivity index (χ2v) is 4.17. The van der Waals surface area contributed by atoms with Crippen molar-refractivity contribution in [3.63, 3.8) is 0 Å². The van der Waals surface area contributed by atoms with E-state index in [-0.39, 0.29) is 17.3 Å². The van der Waals surface area contributed by atoms with Gasteiger partial charge in [0.2, 0.25) is 0 Å². The Morgan fingerprint density at radius 3 is 2.39 bits per heavy atom. The van der Waals surface area contributed by atoms with Crippen molar-refractivity contribution in [3.8, 4) is 11.5 Å². The summed E-state index contributed by atoms with van der Waals surface area (Å²) in [6.07, 6.45) is 0. The van der Waals surface area contributed by atoms with E-state index in [1.165, 1.54) is 14.2 Å². The quantitative estimate of drug-likeness (QED) is 0.855. The third kappa shape index (κ3) is 2.52. The number of aliphatic carboxylic acids is 1. The smallest absolute Gasteiger partial charge is 0.312 e. The van der Waals surface area contributed by atoms with E-state index in [2.05, 4.69) is 0 Å². The molecule has 100 valence electrons. The lowest BCUT2D eigenvalue weighted by Crippen LogP contribution is -2.22. The number of benzene rings is 1. The van der Waals surface area contributed by atoms with E-state index >= 15 is 0 Å². The molecule has 18 heavy (non-hydrogen) atoms. The number of rotatable bonds is 5. The molecular formula is C12H16ClNO4. The van der Waals surface area contributed by atoms with Crippen LogP contribution in [0.5, 0.6) is 11.5 Å². The van der Waals surface area contributed by atoms with Gasteiger partial charge in [-0.25, -0.2) is 0 Å². The molecule has 0 bridgehead atoms. The van der Waals surface area contributed by atoms with Crippen LogP contribution in [0.4, 0.5) is 0 Å². The second-order valence-electron chi connectivity index (χ2n) is 3.79. The van der Waals surface area contributed by atoms with Crippen molar-refractivity contribution >= 4 is 17.6 Å². The number of carboxylic acid groups (broad SMARTS) is 1.